The van der Waals surface area contributed by atoms with Gasteiger partial charge in [-0.2, -0.15) is 0 Å². The lowest BCUT2D eigenvalue weighted by Gasteiger charge is -2.13. The lowest BCUT2D eigenvalue weighted by Crippen LogP contribution is -1.94. The van der Waals surface area contributed by atoms with Gasteiger partial charge in [0.15, 0.2) is 11.5 Å². The summed E-state index contributed by atoms with van der Waals surface area (Å²) in [4.78, 5) is 0. The van der Waals surface area contributed by atoms with Gasteiger partial charge >= 0.3 is 0 Å². The van der Waals surface area contributed by atoms with E-state index in [-0.39, 0.29) is 6.61 Å². The van der Waals surface area contributed by atoms with Gasteiger partial charge in [-0.25, -0.2) is 0 Å². The molecule has 0 amide bonds. The van der Waals surface area contributed by atoms with Crippen LogP contribution in [0, 0.1) is 0 Å². The molecule has 0 spiro atoms. The highest BCUT2D eigenvalue weighted by molar-refractivity contribution is 9.10. The molecule has 0 aliphatic carbocycles. The molecule has 1 N–H and O–H groups in total. The average molecular weight is 323 g/mol. The molecule has 2 rings (SSSR count). The molecule has 0 heterocycles. The summed E-state index contributed by atoms with van der Waals surface area (Å²) in [5.74, 6) is 1.31. The first-order valence-corrected chi connectivity index (χ1v) is 6.61. The van der Waals surface area contributed by atoms with Crippen molar-refractivity contribution in [2.75, 3.05) is 14.2 Å². The molecule has 2 aromatic carbocycles. The molecule has 2 aromatic rings. The minimum atomic E-state index is 0.00212. The monoisotopic (exact) mass is 322 g/mol. The number of aliphatic hydroxyl groups is 1. The van der Waals surface area contributed by atoms with E-state index < -0.39 is 0 Å². The first kappa shape index (κ1) is 13.9. The number of hydrogen-bond acceptors (Lipinski definition) is 3. The summed E-state index contributed by atoms with van der Waals surface area (Å²) in [7, 11) is 3.20. The maximum Gasteiger partial charge on any atom is 0.174 e. The smallest absolute Gasteiger partial charge is 0.174 e. The van der Waals surface area contributed by atoms with Crippen molar-refractivity contribution in [1.82, 2.24) is 0 Å². The van der Waals surface area contributed by atoms with Crippen LogP contribution in [0.25, 0.3) is 11.1 Å². The number of aliphatic hydroxyl groups excluding tert-OH is 1. The molecule has 0 aliphatic heterocycles. The Morgan fingerprint density at radius 1 is 1.11 bits per heavy atom. The number of ether oxygens (including phenoxy) is 2. The van der Waals surface area contributed by atoms with Crippen LogP contribution < -0.4 is 9.47 Å². The summed E-state index contributed by atoms with van der Waals surface area (Å²) < 4.78 is 11.4. The molecule has 0 fully saturated rings. The van der Waals surface area contributed by atoms with Gasteiger partial charge in [0.05, 0.1) is 25.3 Å². The lowest BCUT2D eigenvalue weighted by atomic mass is 10.00. The topological polar surface area (TPSA) is 38.7 Å². The normalized spacial score (nSPS) is 10.3. The Morgan fingerprint density at radius 2 is 1.84 bits per heavy atom. The molecule has 0 bridgehead atoms. The molecular weight excluding hydrogens is 308 g/mol. The quantitative estimate of drug-likeness (QED) is 0.934. The fourth-order valence-corrected chi connectivity index (χ4v) is 2.62. The van der Waals surface area contributed by atoms with E-state index in [4.69, 9.17) is 9.47 Å². The van der Waals surface area contributed by atoms with Crippen molar-refractivity contribution >= 4 is 15.9 Å². The predicted molar refractivity (Wildman–Crippen MR) is 78.6 cm³/mol. The summed E-state index contributed by atoms with van der Waals surface area (Å²) in [5.41, 5.74) is 2.82. The van der Waals surface area contributed by atoms with Gasteiger partial charge in [0.2, 0.25) is 0 Å². The molecule has 0 saturated heterocycles. The zero-order valence-corrected chi connectivity index (χ0v) is 12.4. The van der Waals surface area contributed by atoms with Crippen molar-refractivity contribution in [2.45, 2.75) is 6.61 Å². The van der Waals surface area contributed by atoms with Gasteiger partial charge in [-0.3, -0.25) is 0 Å². The van der Waals surface area contributed by atoms with Crippen LogP contribution in [-0.4, -0.2) is 19.3 Å². The van der Waals surface area contributed by atoms with Crippen molar-refractivity contribution in [3.05, 3.63) is 46.4 Å². The van der Waals surface area contributed by atoms with Crippen LogP contribution in [-0.2, 0) is 6.61 Å². The zero-order chi connectivity index (χ0) is 13.8. The lowest BCUT2D eigenvalue weighted by molar-refractivity contribution is 0.282. The largest absolute Gasteiger partial charge is 0.493 e. The van der Waals surface area contributed by atoms with Gasteiger partial charge in [-0.05, 0) is 44.8 Å². The number of benzene rings is 2. The van der Waals surface area contributed by atoms with Crippen LogP contribution in [0.5, 0.6) is 11.5 Å². The first-order valence-electron chi connectivity index (χ1n) is 5.82. The Morgan fingerprint density at radius 3 is 2.47 bits per heavy atom. The van der Waals surface area contributed by atoms with E-state index in [1.807, 2.05) is 36.4 Å². The highest BCUT2D eigenvalue weighted by atomic mass is 79.9. The Bertz CT molecular complexity index is 582. The van der Waals surface area contributed by atoms with Gasteiger partial charge in [0.1, 0.15) is 0 Å². The average Bonchev–Trinajstić information content (AvgIpc) is 2.46. The molecule has 0 radical (unpaired) electrons. The van der Waals surface area contributed by atoms with Crippen LogP contribution in [0.4, 0.5) is 0 Å². The Labute approximate surface area is 120 Å². The molecule has 19 heavy (non-hydrogen) atoms. The Balaban J connectivity index is 2.60. The van der Waals surface area contributed by atoms with Gasteiger partial charge < -0.3 is 14.6 Å². The van der Waals surface area contributed by atoms with Crippen LogP contribution >= 0.6 is 15.9 Å². The second kappa shape index (κ2) is 6.08. The van der Waals surface area contributed by atoms with E-state index in [0.29, 0.717) is 11.5 Å². The maximum atomic E-state index is 9.41. The maximum absolute atomic E-state index is 9.41. The molecule has 100 valence electrons. The summed E-state index contributed by atoms with van der Waals surface area (Å²) in [6, 6.07) is 11.6. The minimum absolute atomic E-state index is 0.00212. The van der Waals surface area contributed by atoms with E-state index in [0.717, 1.165) is 21.2 Å². The number of halogens is 1. The molecule has 0 aromatic heterocycles. The van der Waals surface area contributed by atoms with Crippen molar-refractivity contribution < 1.29 is 14.6 Å². The molecule has 4 heteroatoms. The second-order valence-electron chi connectivity index (χ2n) is 4.01. The number of rotatable bonds is 4. The van der Waals surface area contributed by atoms with Crippen LogP contribution in [0.15, 0.2) is 40.9 Å². The SMILES string of the molecule is COc1cc(-c2ccccc2CO)cc(Br)c1OC. The highest BCUT2D eigenvalue weighted by Gasteiger charge is 2.13. The van der Waals surface area contributed by atoms with Gasteiger partial charge in [-0.1, -0.05) is 24.3 Å². The predicted octanol–water partition coefficient (Wildman–Crippen LogP) is 3.63. The van der Waals surface area contributed by atoms with Crippen molar-refractivity contribution in [3.63, 3.8) is 0 Å². The van der Waals surface area contributed by atoms with Crippen molar-refractivity contribution in [2.24, 2.45) is 0 Å². The van der Waals surface area contributed by atoms with E-state index in [1.54, 1.807) is 14.2 Å². The first-order chi connectivity index (χ1) is 9.21. The standard InChI is InChI=1S/C15H15BrO3/c1-18-14-8-11(7-13(16)15(14)19-2)12-6-4-3-5-10(12)9-17/h3-8,17H,9H2,1-2H3. The van der Waals surface area contributed by atoms with Crippen molar-refractivity contribution in [3.8, 4) is 22.6 Å². The summed E-state index contributed by atoms with van der Waals surface area (Å²) in [6.07, 6.45) is 0. The molecule has 0 atom stereocenters. The molecule has 0 saturated carbocycles. The fraction of sp³-hybridized carbons (Fsp3) is 0.200. The van der Waals surface area contributed by atoms with E-state index >= 15 is 0 Å². The molecule has 3 nitrogen and oxygen atoms in total. The van der Waals surface area contributed by atoms with Crippen LogP contribution in [0.3, 0.4) is 0 Å². The summed E-state index contributed by atoms with van der Waals surface area (Å²) in [5, 5.41) is 9.41. The molecule has 0 unspecified atom stereocenters. The third kappa shape index (κ3) is 2.74. The van der Waals surface area contributed by atoms with Gasteiger partial charge in [-0.15, -0.1) is 0 Å². The molecule has 0 aliphatic rings. The summed E-state index contributed by atoms with van der Waals surface area (Å²) >= 11 is 3.48. The van der Waals surface area contributed by atoms with Crippen LogP contribution in [0.1, 0.15) is 5.56 Å². The zero-order valence-electron chi connectivity index (χ0n) is 10.8. The Hall–Kier alpha value is -1.52. The Kier molecular flexibility index (Phi) is 4.45. The van der Waals surface area contributed by atoms with Gasteiger partial charge in [0.25, 0.3) is 0 Å². The third-order valence-electron chi connectivity index (χ3n) is 2.93. The molecular formula is C15H15BrO3. The summed E-state index contributed by atoms with van der Waals surface area (Å²) in [6.45, 7) is 0.00212. The number of hydrogen-bond donors (Lipinski definition) is 1. The fourth-order valence-electron chi connectivity index (χ4n) is 2.01. The van der Waals surface area contributed by atoms with E-state index in [9.17, 15) is 5.11 Å². The second-order valence-corrected chi connectivity index (χ2v) is 4.86. The van der Waals surface area contributed by atoms with E-state index in [1.165, 1.54) is 0 Å². The number of methoxy groups -OCH3 is 2. The van der Waals surface area contributed by atoms with Gasteiger partial charge in [0, 0.05) is 0 Å². The third-order valence-corrected chi connectivity index (χ3v) is 3.52. The van der Waals surface area contributed by atoms with E-state index in [2.05, 4.69) is 15.9 Å². The van der Waals surface area contributed by atoms with Crippen molar-refractivity contribution in [1.29, 1.82) is 0 Å². The highest BCUT2D eigenvalue weighted by Crippen LogP contribution is 2.40. The van der Waals surface area contributed by atoms with Crippen LogP contribution in [0.2, 0.25) is 0 Å². The minimum Gasteiger partial charge on any atom is -0.493 e.